The normalized spacial score (nSPS) is 16.1. The zero-order chi connectivity index (χ0) is 22.8. The van der Waals surface area contributed by atoms with E-state index >= 15 is 0 Å². The molecule has 2 aromatic rings. The summed E-state index contributed by atoms with van der Waals surface area (Å²) in [5.41, 5.74) is 0.368. The number of alkyl halides is 3. The molecule has 4 nitrogen and oxygen atoms in total. The molecule has 3 rings (SSSR count). The third-order valence-corrected chi connectivity index (χ3v) is 6.09. The van der Waals surface area contributed by atoms with E-state index in [-0.39, 0.29) is 29.3 Å². The van der Waals surface area contributed by atoms with Gasteiger partial charge in [0.15, 0.2) is 0 Å². The topological polar surface area (TPSA) is 40.6 Å². The molecule has 0 aromatic heterocycles. The fourth-order valence-corrected chi connectivity index (χ4v) is 3.98. The molecule has 1 atom stereocenters. The molecule has 1 heterocycles. The summed E-state index contributed by atoms with van der Waals surface area (Å²) in [5.74, 6) is -0.516. The molecule has 1 aliphatic heterocycles. The van der Waals surface area contributed by atoms with Gasteiger partial charge in [-0.1, -0.05) is 23.7 Å². The van der Waals surface area contributed by atoms with E-state index in [4.69, 9.17) is 11.6 Å². The molecule has 0 saturated carbocycles. The largest absolute Gasteiger partial charge is 0.416 e. The number of carbonyl (C=O) groups excluding carboxylic acids is 2. The van der Waals surface area contributed by atoms with E-state index in [9.17, 15) is 22.8 Å². The zero-order valence-corrected chi connectivity index (χ0v) is 18.1. The van der Waals surface area contributed by atoms with Crippen molar-refractivity contribution in [3.63, 3.8) is 0 Å². The minimum Gasteiger partial charge on any atom is -0.339 e. The number of piperidine rings is 1. The number of hydrogen-bond donors (Lipinski definition) is 0. The predicted molar refractivity (Wildman–Crippen MR) is 113 cm³/mol. The molecule has 1 fully saturated rings. The van der Waals surface area contributed by atoms with Crippen molar-refractivity contribution in [2.45, 2.75) is 32.0 Å². The van der Waals surface area contributed by atoms with Crippen LogP contribution >= 0.6 is 11.6 Å². The molecule has 0 spiro atoms. The van der Waals surface area contributed by atoms with Gasteiger partial charge in [-0.15, -0.1) is 0 Å². The van der Waals surface area contributed by atoms with Crippen LogP contribution in [0.2, 0.25) is 5.02 Å². The standard InChI is InChI=1S/C23H24ClF3N2O2/c1-15(18-4-3-5-20(24)14-18)28(2)21(30)17-10-12-29(13-11-17)22(31)16-6-8-19(9-7-16)23(25,26)27/h3-9,14-15,17H,10-13H2,1-2H3. The van der Waals surface area contributed by atoms with Gasteiger partial charge in [-0.05, 0) is 61.7 Å². The van der Waals surface area contributed by atoms with Gasteiger partial charge in [-0.25, -0.2) is 0 Å². The quantitative estimate of drug-likeness (QED) is 0.620. The molecule has 0 N–H and O–H groups in total. The second-order valence-electron chi connectivity index (χ2n) is 7.82. The highest BCUT2D eigenvalue weighted by atomic mass is 35.5. The molecule has 0 radical (unpaired) electrons. The number of carbonyl (C=O) groups is 2. The molecule has 2 amide bonds. The zero-order valence-electron chi connectivity index (χ0n) is 17.3. The maximum absolute atomic E-state index is 13.0. The number of halogens is 4. The van der Waals surface area contributed by atoms with Gasteiger partial charge in [0.05, 0.1) is 11.6 Å². The molecule has 1 unspecified atom stereocenters. The highest BCUT2D eigenvalue weighted by Gasteiger charge is 2.32. The van der Waals surface area contributed by atoms with Crippen LogP contribution < -0.4 is 0 Å². The first kappa shape index (κ1) is 23.1. The highest BCUT2D eigenvalue weighted by molar-refractivity contribution is 6.30. The Bertz CT molecular complexity index is 939. The second-order valence-corrected chi connectivity index (χ2v) is 8.26. The van der Waals surface area contributed by atoms with E-state index in [0.29, 0.717) is 31.0 Å². The van der Waals surface area contributed by atoms with Crippen LogP contribution in [0.3, 0.4) is 0 Å². The fourth-order valence-electron chi connectivity index (χ4n) is 3.78. The van der Waals surface area contributed by atoms with Gasteiger partial charge in [0.2, 0.25) is 5.91 Å². The lowest BCUT2D eigenvalue weighted by molar-refractivity contribution is -0.138. The van der Waals surface area contributed by atoms with Gasteiger partial charge in [0, 0.05) is 36.6 Å². The first-order valence-electron chi connectivity index (χ1n) is 10.1. The van der Waals surface area contributed by atoms with Crippen molar-refractivity contribution in [1.82, 2.24) is 9.80 Å². The van der Waals surface area contributed by atoms with Crippen molar-refractivity contribution in [3.05, 3.63) is 70.2 Å². The summed E-state index contributed by atoms with van der Waals surface area (Å²) < 4.78 is 38.1. The van der Waals surface area contributed by atoms with Crippen LogP contribution in [0.1, 0.15) is 47.3 Å². The van der Waals surface area contributed by atoms with Gasteiger partial charge in [0.1, 0.15) is 0 Å². The van der Waals surface area contributed by atoms with Crippen molar-refractivity contribution in [3.8, 4) is 0 Å². The van der Waals surface area contributed by atoms with E-state index < -0.39 is 11.7 Å². The predicted octanol–water partition coefficient (Wildman–Crippen LogP) is 5.43. The summed E-state index contributed by atoms with van der Waals surface area (Å²) in [6, 6.07) is 11.5. The van der Waals surface area contributed by atoms with Gasteiger partial charge < -0.3 is 9.80 Å². The molecule has 166 valence electrons. The van der Waals surface area contributed by atoms with Crippen LogP contribution in [0.5, 0.6) is 0 Å². The average molecular weight is 453 g/mol. The van der Waals surface area contributed by atoms with Crippen LogP contribution in [-0.4, -0.2) is 41.8 Å². The lowest BCUT2D eigenvalue weighted by atomic mass is 9.93. The number of amides is 2. The Morgan fingerprint density at radius 1 is 1.10 bits per heavy atom. The Kier molecular flexibility index (Phi) is 6.94. The molecule has 0 bridgehead atoms. The Morgan fingerprint density at radius 2 is 1.71 bits per heavy atom. The summed E-state index contributed by atoms with van der Waals surface area (Å²) >= 11 is 6.05. The van der Waals surface area contributed by atoms with Crippen molar-refractivity contribution in [1.29, 1.82) is 0 Å². The van der Waals surface area contributed by atoms with E-state index in [0.717, 1.165) is 17.7 Å². The second kappa shape index (κ2) is 9.30. The van der Waals surface area contributed by atoms with Crippen LogP contribution in [0.25, 0.3) is 0 Å². The maximum Gasteiger partial charge on any atom is 0.416 e. The molecule has 2 aromatic carbocycles. The Morgan fingerprint density at radius 3 is 2.26 bits per heavy atom. The molecular formula is C23H24ClF3N2O2. The third-order valence-electron chi connectivity index (χ3n) is 5.85. The van der Waals surface area contributed by atoms with Crippen molar-refractivity contribution in [2.24, 2.45) is 5.92 Å². The Labute approximate surface area is 184 Å². The summed E-state index contributed by atoms with van der Waals surface area (Å²) in [6.45, 7) is 2.71. The molecular weight excluding hydrogens is 429 g/mol. The first-order chi connectivity index (χ1) is 14.6. The molecule has 1 aliphatic rings. The van der Waals surface area contributed by atoms with Gasteiger partial charge in [-0.2, -0.15) is 13.2 Å². The smallest absolute Gasteiger partial charge is 0.339 e. The minimum atomic E-state index is -4.44. The van der Waals surface area contributed by atoms with Crippen LogP contribution in [0.15, 0.2) is 48.5 Å². The van der Waals surface area contributed by atoms with Crippen LogP contribution in [-0.2, 0) is 11.0 Å². The van der Waals surface area contributed by atoms with E-state index in [2.05, 4.69) is 0 Å². The van der Waals surface area contributed by atoms with E-state index in [1.165, 1.54) is 12.1 Å². The summed E-state index contributed by atoms with van der Waals surface area (Å²) in [4.78, 5) is 28.9. The maximum atomic E-state index is 13.0. The monoisotopic (exact) mass is 452 g/mol. The molecule has 31 heavy (non-hydrogen) atoms. The van der Waals surface area contributed by atoms with Gasteiger partial charge in [-0.3, -0.25) is 9.59 Å². The Hall–Kier alpha value is -2.54. The molecule has 1 saturated heterocycles. The summed E-state index contributed by atoms with van der Waals surface area (Å²) in [7, 11) is 1.76. The molecule has 8 heteroatoms. The fraction of sp³-hybridized carbons (Fsp3) is 0.391. The lowest BCUT2D eigenvalue weighted by Crippen LogP contribution is -2.44. The van der Waals surface area contributed by atoms with Gasteiger partial charge in [0.25, 0.3) is 5.91 Å². The number of rotatable bonds is 4. The number of hydrogen-bond acceptors (Lipinski definition) is 2. The minimum absolute atomic E-state index is 0.00843. The van der Waals surface area contributed by atoms with Gasteiger partial charge >= 0.3 is 6.18 Å². The highest BCUT2D eigenvalue weighted by Crippen LogP contribution is 2.30. The van der Waals surface area contributed by atoms with Crippen molar-refractivity contribution >= 4 is 23.4 Å². The van der Waals surface area contributed by atoms with E-state index in [1.807, 2.05) is 25.1 Å². The Balaban J connectivity index is 1.58. The van der Waals surface area contributed by atoms with Crippen molar-refractivity contribution in [2.75, 3.05) is 20.1 Å². The van der Waals surface area contributed by atoms with E-state index in [1.54, 1.807) is 22.9 Å². The van der Waals surface area contributed by atoms with Crippen LogP contribution in [0.4, 0.5) is 13.2 Å². The number of likely N-dealkylation sites (tertiary alicyclic amines) is 1. The summed E-state index contributed by atoms with van der Waals surface area (Å²) in [5, 5.41) is 0.611. The molecule has 0 aliphatic carbocycles. The average Bonchev–Trinajstić information content (AvgIpc) is 2.76. The summed E-state index contributed by atoms with van der Waals surface area (Å²) in [6.07, 6.45) is -3.41. The van der Waals surface area contributed by atoms with Crippen molar-refractivity contribution < 1.29 is 22.8 Å². The number of benzene rings is 2. The lowest BCUT2D eigenvalue weighted by Gasteiger charge is -2.35. The SMILES string of the molecule is CC(c1cccc(Cl)c1)N(C)C(=O)C1CCN(C(=O)c2ccc(C(F)(F)F)cc2)CC1. The van der Waals surface area contributed by atoms with Crippen LogP contribution in [0, 0.1) is 5.92 Å². The number of nitrogens with zero attached hydrogens (tertiary/aromatic N) is 2. The first-order valence-corrected chi connectivity index (χ1v) is 10.4. The third kappa shape index (κ3) is 5.39.